The van der Waals surface area contributed by atoms with Crippen molar-refractivity contribution in [2.24, 2.45) is 17.8 Å². The molecule has 3 saturated carbocycles. The number of aliphatic hydroxyl groups is 1. The van der Waals surface area contributed by atoms with E-state index >= 15 is 0 Å². The number of halogens is 1. The molecule has 2 aromatic heterocycles. The van der Waals surface area contributed by atoms with E-state index in [1.807, 2.05) is 32.0 Å². The Morgan fingerprint density at radius 1 is 1.17 bits per heavy atom. The van der Waals surface area contributed by atoms with Gasteiger partial charge in [-0.25, -0.2) is 14.2 Å². The summed E-state index contributed by atoms with van der Waals surface area (Å²) in [6, 6.07) is 8.68. The van der Waals surface area contributed by atoms with Crippen LogP contribution in [-0.4, -0.2) is 26.3 Å². The molecule has 0 aliphatic heterocycles. The van der Waals surface area contributed by atoms with Crippen LogP contribution in [0.1, 0.15) is 101 Å². The summed E-state index contributed by atoms with van der Waals surface area (Å²) in [5.41, 5.74) is 4.04. The average Bonchev–Trinajstić information content (AvgIpc) is 3.52. The molecule has 2 aromatic carbocycles. The van der Waals surface area contributed by atoms with E-state index in [2.05, 4.69) is 17.1 Å². The minimum atomic E-state index is -1.10. The van der Waals surface area contributed by atoms with Gasteiger partial charge in [0, 0.05) is 17.4 Å². The number of aromatic carboxylic acids is 1. The van der Waals surface area contributed by atoms with Crippen LogP contribution in [0.25, 0.3) is 10.2 Å². The smallest absolute Gasteiger partial charge is 0.335 e. The Balaban J connectivity index is 0.000000151. The molecular formula is C33H37FN2O5S. The van der Waals surface area contributed by atoms with Crippen LogP contribution in [0.15, 0.2) is 34.9 Å². The monoisotopic (exact) mass is 592 g/mol. The normalized spacial score (nSPS) is 23.1. The fourth-order valence-corrected chi connectivity index (χ4v) is 8.30. The summed E-state index contributed by atoms with van der Waals surface area (Å²) in [5, 5.41) is 23.7. The molecule has 42 heavy (non-hydrogen) atoms. The lowest BCUT2D eigenvalue weighted by atomic mass is 9.78. The number of carboxylic acids is 1. The van der Waals surface area contributed by atoms with Crippen molar-refractivity contribution in [3.63, 3.8) is 0 Å². The van der Waals surface area contributed by atoms with Crippen LogP contribution in [0, 0.1) is 37.4 Å². The number of ether oxygens (including phenoxy) is 1. The number of rotatable bonds is 7. The van der Waals surface area contributed by atoms with E-state index in [9.17, 15) is 14.3 Å². The lowest BCUT2D eigenvalue weighted by Gasteiger charge is -2.29. The van der Waals surface area contributed by atoms with Crippen molar-refractivity contribution in [2.45, 2.75) is 84.3 Å². The van der Waals surface area contributed by atoms with Gasteiger partial charge in [0.05, 0.1) is 21.9 Å². The van der Waals surface area contributed by atoms with Gasteiger partial charge < -0.3 is 19.5 Å². The topological polar surface area (TPSA) is 106 Å². The third kappa shape index (κ3) is 5.56. The van der Waals surface area contributed by atoms with Crippen LogP contribution in [0.3, 0.4) is 0 Å². The Kier molecular flexibility index (Phi) is 8.07. The van der Waals surface area contributed by atoms with Crippen LogP contribution < -0.4 is 4.74 Å². The molecule has 3 aliphatic rings. The summed E-state index contributed by atoms with van der Waals surface area (Å²) in [4.78, 5) is 15.6. The molecule has 7 rings (SSSR count). The zero-order valence-electron chi connectivity index (χ0n) is 24.2. The maximum Gasteiger partial charge on any atom is 0.335 e. The van der Waals surface area contributed by atoms with Gasteiger partial charge in [-0.15, -0.1) is 11.3 Å². The zero-order chi connectivity index (χ0) is 29.5. The first-order valence-electron chi connectivity index (χ1n) is 14.9. The highest BCUT2D eigenvalue weighted by Gasteiger charge is 2.45. The first kappa shape index (κ1) is 28.8. The van der Waals surface area contributed by atoms with Gasteiger partial charge in [-0.3, -0.25) is 0 Å². The fourth-order valence-electron chi connectivity index (χ4n) is 7.01. The molecule has 4 unspecified atom stereocenters. The van der Waals surface area contributed by atoms with Gasteiger partial charge >= 0.3 is 5.97 Å². The number of carboxylic acid groups (broad SMARTS) is 1. The predicted octanol–water partition coefficient (Wildman–Crippen LogP) is 7.91. The van der Waals surface area contributed by atoms with Crippen molar-refractivity contribution in [1.82, 2.24) is 10.1 Å². The molecule has 0 radical (unpaired) electrons. The second-order valence-corrected chi connectivity index (χ2v) is 13.2. The maximum atomic E-state index is 14.2. The first-order chi connectivity index (χ1) is 20.2. The van der Waals surface area contributed by atoms with Crippen molar-refractivity contribution >= 4 is 27.5 Å². The van der Waals surface area contributed by atoms with Crippen LogP contribution >= 0.6 is 11.3 Å². The SMILES string of the molecule is CC1CC2CCCC1C2c1nc2c(F)cc(C(=O)O)cc2s1.Cc1cccc(C)c1OCc1noc(C2CC2)c1CO. The average molecular weight is 593 g/mol. The van der Waals surface area contributed by atoms with Gasteiger partial charge in [0.15, 0.2) is 5.82 Å². The zero-order valence-corrected chi connectivity index (χ0v) is 25.0. The number of aromatic nitrogens is 2. The standard InChI is InChI=1S/C17H18FNO2S.C16H19NO3/c1-8-5-9-3-2-4-11(8)14(9)16-19-15-12(18)6-10(17(20)21)7-13(15)22-16;1-10-4-3-5-11(2)15(10)19-9-14-13(8-18)16(20-17-14)12-6-7-12/h6-9,11,14H,2-5H2,1H3,(H,20,21);3-5,12,18H,6-9H2,1-2H3. The number of aliphatic hydroxyl groups excluding tert-OH is 1. The van der Waals surface area contributed by atoms with Gasteiger partial charge in [-0.05, 0) is 87.0 Å². The second kappa shape index (κ2) is 11.8. The van der Waals surface area contributed by atoms with Crippen LogP contribution in [-0.2, 0) is 13.2 Å². The summed E-state index contributed by atoms with van der Waals surface area (Å²) in [6.07, 6.45) is 7.26. The summed E-state index contributed by atoms with van der Waals surface area (Å²) in [7, 11) is 0. The number of thiazole rings is 1. The van der Waals surface area contributed by atoms with Crippen molar-refractivity contribution in [2.75, 3.05) is 0 Å². The molecule has 222 valence electrons. The van der Waals surface area contributed by atoms with Crippen LogP contribution in [0.4, 0.5) is 4.39 Å². The van der Waals surface area contributed by atoms with E-state index in [0.29, 0.717) is 52.1 Å². The number of carbonyl (C=O) groups is 1. The maximum absolute atomic E-state index is 14.2. The van der Waals surface area contributed by atoms with Gasteiger partial charge in [-0.2, -0.15) is 0 Å². The Morgan fingerprint density at radius 2 is 1.93 bits per heavy atom. The molecule has 9 heteroatoms. The number of hydrogen-bond donors (Lipinski definition) is 2. The predicted molar refractivity (Wildman–Crippen MR) is 159 cm³/mol. The fraction of sp³-hybridized carbons (Fsp3) is 0.485. The van der Waals surface area contributed by atoms with E-state index in [0.717, 1.165) is 52.1 Å². The van der Waals surface area contributed by atoms with Gasteiger partial charge in [0.2, 0.25) is 0 Å². The summed E-state index contributed by atoms with van der Waals surface area (Å²) < 4.78 is 26.1. The van der Waals surface area contributed by atoms with E-state index < -0.39 is 11.8 Å². The Hall–Kier alpha value is -3.30. The van der Waals surface area contributed by atoms with Crippen molar-refractivity contribution in [1.29, 1.82) is 0 Å². The minimum Gasteiger partial charge on any atom is -0.487 e. The third-order valence-electron chi connectivity index (χ3n) is 9.25. The molecule has 4 aromatic rings. The molecule has 2 bridgehead atoms. The molecule has 3 fully saturated rings. The van der Waals surface area contributed by atoms with Crippen LogP contribution in [0.2, 0.25) is 0 Å². The molecule has 2 heterocycles. The molecule has 0 amide bonds. The van der Waals surface area contributed by atoms with Crippen LogP contribution in [0.5, 0.6) is 5.75 Å². The second-order valence-electron chi connectivity index (χ2n) is 12.2. The molecule has 0 spiro atoms. The quantitative estimate of drug-likeness (QED) is 0.225. The first-order valence-corrected chi connectivity index (χ1v) is 15.7. The lowest BCUT2D eigenvalue weighted by Crippen LogP contribution is -2.19. The van der Waals surface area contributed by atoms with Crippen molar-refractivity contribution in [3.8, 4) is 5.75 Å². The number of hydrogen-bond acceptors (Lipinski definition) is 7. The highest BCUT2D eigenvalue weighted by atomic mass is 32.1. The summed E-state index contributed by atoms with van der Waals surface area (Å²) in [6.45, 7) is 6.65. The molecular weight excluding hydrogens is 555 g/mol. The number of para-hydroxylation sites is 1. The lowest BCUT2D eigenvalue weighted by molar-refractivity contribution is 0.0696. The molecule has 4 atom stereocenters. The van der Waals surface area contributed by atoms with E-state index in [4.69, 9.17) is 14.4 Å². The largest absolute Gasteiger partial charge is 0.487 e. The number of nitrogens with zero attached hydrogens (tertiary/aromatic N) is 2. The van der Waals surface area contributed by atoms with Gasteiger partial charge in [0.1, 0.15) is 29.3 Å². The van der Waals surface area contributed by atoms with Gasteiger partial charge in [-0.1, -0.05) is 36.7 Å². The van der Waals surface area contributed by atoms with E-state index in [1.54, 1.807) is 6.07 Å². The Labute approximate surface area is 248 Å². The molecule has 7 nitrogen and oxygen atoms in total. The number of benzene rings is 2. The molecule has 3 aliphatic carbocycles. The Morgan fingerprint density at radius 3 is 2.60 bits per heavy atom. The minimum absolute atomic E-state index is 0.000171. The third-order valence-corrected chi connectivity index (χ3v) is 10.4. The highest BCUT2D eigenvalue weighted by molar-refractivity contribution is 7.18. The van der Waals surface area contributed by atoms with E-state index in [1.165, 1.54) is 37.0 Å². The van der Waals surface area contributed by atoms with Crippen molar-refractivity contribution < 1.29 is 28.7 Å². The Bertz CT molecular complexity index is 1590. The van der Waals surface area contributed by atoms with E-state index in [-0.39, 0.29) is 12.2 Å². The summed E-state index contributed by atoms with van der Waals surface area (Å²) in [5.74, 6) is 3.02. The highest BCUT2D eigenvalue weighted by Crippen LogP contribution is 2.56. The number of fused-ring (bicyclic) bond motifs is 3. The molecule has 2 N–H and O–H groups in total. The van der Waals surface area contributed by atoms with Gasteiger partial charge in [0.25, 0.3) is 0 Å². The number of aryl methyl sites for hydroxylation is 2. The summed E-state index contributed by atoms with van der Waals surface area (Å²) >= 11 is 1.48. The molecule has 0 saturated heterocycles. The van der Waals surface area contributed by atoms with Crippen molar-refractivity contribution in [3.05, 3.63) is 74.9 Å².